The number of benzene rings is 2. The highest BCUT2D eigenvalue weighted by atomic mass is 35.5. The van der Waals surface area contributed by atoms with Crippen LogP contribution in [0.5, 0.6) is 0 Å². The normalized spacial score (nSPS) is 10.6. The number of carbonyl (C=O) groups excluding carboxylic acids is 2. The third-order valence-electron chi connectivity index (χ3n) is 4.13. The summed E-state index contributed by atoms with van der Waals surface area (Å²) < 4.78 is 26.4. The van der Waals surface area contributed by atoms with Gasteiger partial charge < -0.3 is 10.6 Å². The van der Waals surface area contributed by atoms with Gasteiger partial charge in [0.25, 0.3) is 5.91 Å². The Hall–Kier alpha value is -2.84. The summed E-state index contributed by atoms with van der Waals surface area (Å²) in [4.78, 5) is 29.1. The van der Waals surface area contributed by atoms with E-state index in [0.29, 0.717) is 29.1 Å². The molecular weight excluding hydrogens is 432 g/mol. The van der Waals surface area contributed by atoms with Crippen LogP contribution in [-0.2, 0) is 11.2 Å². The molecule has 0 spiro atoms. The maximum atomic E-state index is 13.6. The topological polar surface area (TPSA) is 71.1 Å². The maximum absolute atomic E-state index is 13.6. The number of nitrogens with one attached hydrogen (secondary N) is 2. The average molecular weight is 450 g/mol. The summed E-state index contributed by atoms with van der Waals surface area (Å²) in [6.45, 7) is 0.183. The second-order valence-electron chi connectivity index (χ2n) is 6.47. The second kappa shape index (κ2) is 10.3. The van der Waals surface area contributed by atoms with Gasteiger partial charge in [-0.1, -0.05) is 23.7 Å². The Morgan fingerprint density at radius 2 is 1.87 bits per heavy atom. The zero-order valence-electron chi connectivity index (χ0n) is 15.8. The van der Waals surface area contributed by atoms with Gasteiger partial charge in [0.15, 0.2) is 5.13 Å². The molecule has 0 fully saturated rings. The molecule has 3 aromatic rings. The fraction of sp³-hybridized carbons (Fsp3) is 0.190. The Bertz CT molecular complexity index is 1040. The monoisotopic (exact) mass is 449 g/mol. The molecule has 2 amide bonds. The van der Waals surface area contributed by atoms with Crippen molar-refractivity contribution in [2.75, 3.05) is 11.9 Å². The highest BCUT2D eigenvalue weighted by Crippen LogP contribution is 2.22. The first-order chi connectivity index (χ1) is 14.4. The van der Waals surface area contributed by atoms with Crippen molar-refractivity contribution in [3.05, 3.63) is 81.3 Å². The summed E-state index contributed by atoms with van der Waals surface area (Å²) >= 11 is 7.26. The van der Waals surface area contributed by atoms with Gasteiger partial charge in [0.05, 0.1) is 5.56 Å². The van der Waals surface area contributed by atoms with Crippen LogP contribution in [-0.4, -0.2) is 23.3 Å². The van der Waals surface area contributed by atoms with Gasteiger partial charge in [-0.3, -0.25) is 9.59 Å². The van der Waals surface area contributed by atoms with E-state index in [2.05, 4.69) is 15.6 Å². The minimum Gasteiger partial charge on any atom is -0.352 e. The van der Waals surface area contributed by atoms with Crippen molar-refractivity contribution in [3.63, 3.8) is 0 Å². The second-order valence-corrected chi connectivity index (χ2v) is 8.02. The van der Waals surface area contributed by atoms with E-state index < -0.39 is 17.5 Å². The number of anilines is 1. The largest absolute Gasteiger partial charge is 0.352 e. The van der Waals surface area contributed by atoms with E-state index in [1.807, 2.05) is 24.3 Å². The zero-order chi connectivity index (χ0) is 21.5. The Kier molecular flexibility index (Phi) is 7.48. The van der Waals surface area contributed by atoms with Crippen molar-refractivity contribution in [2.45, 2.75) is 19.3 Å². The summed E-state index contributed by atoms with van der Waals surface area (Å²) in [5, 5.41) is 6.41. The third-order valence-corrected chi connectivity index (χ3v) is 5.30. The van der Waals surface area contributed by atoms with Crippen LogP contribution in [0.25, 0.3) is 0 Å². The molecule has 0 atom stereocenters. The molecule has 156 valence electrons. The molecule has 1 aromatic heterocycles. The van der Waals surface area contributed by atoms with Crippen LogP contribution in [0, 0.1) is 11.6 Å². The van der Waals surface area contributed by atoms with Gasteiger partial charge in [0.1, 0.15) is 11.6 Å². The Morgan fingerprint density at radius 1 is 1.10 bits per heavy atom. The van der Waals surface area contributed by atoms with E-state index in [1.165, 1.54) is 11.3 Å². The van der Waals surface area contributed by atoms with Crippen molar-refractivity contribution in [3.8, 4) is 0 Å². The van der Waals surface area contributed by atoms with Crippen molar-refractivity contribution in [2.24, 2.45) is 0 Å². The van der Waals surface area contributed by atoms with Gasteiger partial charge in [0, 0.05) is 41.5 Å². The average Bonchev–Trinajstić information content (AvgIpc) is 3.13. The summed E-state index contributed by atoms with van der Waals surface area (Å²) in [6.07, 6.45) is 2.94. The minimum atomic E-state index is -0.927. The van der Waals surface area contributed by atoms with Crippen LogP contribution < -0.4 is 10.6 Å². The summed E-state index contributed by atoms with van der Waals surface area (Å²) in [7, 11) is 0. The molecule has 0 aliphatic rings. The predicted octanol–water partition coefficient (Wildman–Crippen LogP) is 4.81. The lowest BCUT2D eigenvalue weighted by atomic mass is 10.1. The van der Waals surface area contributed by atoms with Crippen molar-refractivity contribution in [1.82, 2.24) is 10.3 Å². The first-order valence-corrected chi connectivity index (χ1v) is 10.3. The standard InChI is InChI=1S/C21H18ClF2N3O2S/c22-14-5-3-13(4-6-14)10-16-12-26-21(30-16)27-19(28)2-1-9-25-20(29)17-8-7-15(23)11-18(17)24/h3-8,11-12H,1-2,9-10H2,(H,25,29)(H,26,27,28). The molecule has 2 N–H and O–H groups in total. The van der Waals surface area contributed by atoms with E-state index in [0.717, 1.165) is 22.6 Å². The van der Waals surface area contributed by atoms with E-state index in [-0.39, 0.29) is 24.4 Å². The van der Waals surface area contributed by atoms with Crippen LogP contribution in [0.1, 0.15) is 33.6 Å². The molecule has 9 heteroatoms. The molecule has 0 saturated carbocycles. The number of carbonyl (C=O) groups is 2. The van der Waals surface area contributed by atoms with Gasteiger partial charge >= 0.3 is 0 Å². The number of hydrogen-bond donors (Lipinski definition) is 2. The molecule has 1 heterocycles. The van der Waals surface area contributed by atoms with Crippen molar-refractivity contribution in [1.29, 1.82) is 0 Å². The van der Waals surface area contributed by atoms with Crippen LogP contribution in [0.4, 0.5) is 13.9 Å². The van der Waals surface area contributed by atoms with Gasteiger partial charge in [-0.05, 0) is 36.2 Å². The van der Waals surface area contributed by atoms with Gasteiger partial charge in [-0.25, -0.2) is 13.8 Å². The molecular formula is C21H18ClF2N3O2S. The number of thiazole rings is 1. The van der Waals surface area contributed by atoms with Crippen LogP contribution in [0.3, 0.4) is 0 Å². The predicted molar refractivity (Wildman–Crippen MR) is 113 cm³/mol. The Labute approximate surface area is 181 Å². The lowest BCUT2D eigenvalue weighted by molar-refractivity contribution is -0.116. The highest BCUT2D eigenvalue weighted by Gasteiger charge is 2.12. The number of hydrogen-bond acceptors (Lipinski definition) is 4. The fourth-order valence-electron chi connectivity index (χ4n) is 2.65. The minimum absolute atomic E-state index is 0.165. The number of nitrogens with zero attached hydrogens (tertiary/aromatic N) is 1. The maximum Gasteiger partial charge on any atom is 0.254 e. The number of halogens is 3. The van der Waals surface area contributed by atoms with Crippen LogP contribution in [0.15, 0.2) is 48.7 Å². The fourth-order valence-corrected chi connectivity index (χ4v) is 3.64. The van der Waals surface area contributed by atoms with Crippen LogP contribution >= 0.6 is 22.9 Å². The first-order valence-electron chi connectivity index (χ1n) is 9.13. The smallest absolute Gasteiger partial charge is 0.254 e. The third kappa shape index (κ3) is 6.33. The SMILES string of the molecule is O=C(CCCNC(=O)c1ccc(F)cc1F)Nc1ncc(Cc2ccc(Cl)cc2)s1. The Balaban J connectivity index is 1.40. The molecule has 0 aliphatic carbocycles. The summed E-state index contributed by atoms with van der Waals surface area (Å²) in [5.41, 5.74) is 0.853. The van der Waals surface area contributed by atoms with Crippen LogP contribution in [0.2, 0.25) is 5.02 Å². The number of aromatic nitrogens is 1. The molecule has 5 nitrogen and oxygen atoms in total. The molecule has 0 aliphatic heterocycles. The van der Waals surface area contributed by atoms with E-state index in [4.69, 9.17) is 11.6 Å². The van der Waals surface area contributed by atoms with Crippen molar-refractivity contribution >= 4 is 39.9 Å². The number of amides is 2. The molecule has 2 aromatic carbocycles. The lowest BCUT2D eigenvalue weighted by Crippen LogP contribution is -2.26. The van der Waals surface area contributed by atoms with E-state index >= 15 is 0 Å². The molecule has 0 saturated heterocycles. The molecule has 3 rings (SSSR count). The number of rotatable bonds is 8. The molecule has 30 heavy (non-hydrogen) atoms. The van der Waals surface area contributed by atoms with Gasteiger partial charge in [-0.15, -0.1) is 11.3 Å². The van der Waals surface area contributed by atoms with E-state index in [1.54, 1.807) is 6.20 Å². The highest BCUT2D eigenvalue weighted by molar-refractivity contribution is 7.15. The molecule has 0 radical (unpaired) electrons. The first kappa shape index (κ1) is 21.9. The van der Waals surface area contributed by atoms with Gasteiger partial charge in [0.2, 0.25) is 5.91 Å². The zero-order valence-corrected chi connectivity index (χ0v) is 17.3. The van der Waals surface area contributed by atoms with E-state index in [9.17, 15) is 18.4 Å². The van der Waals surface area contributed by atoms with Gasteiger partial charge in [-0.2, -0.15) is 0 Å². The molecule has 0 bridgehead atoms. The Morgan fingerprint density at radius 3 is 2.60 bits per heavy atom. The molecule has 0 unspecified atom stereocenters. The van der Waals surface area contributed by atoms with Crippen molar-refractivity contribution < 1.29 is 18.4 Å². The quantitative estimate of drug-likeness (QED) is 0.484. The summed E-state index contributed by atoms with van der Waals surface area (Å²) in [6, 6.07) is 10.3. The summed E-state index contributed by atoms with van der Waals surface area (Å²) in [5.74, 6) is -2.56. The lowest BCUT2D eigenvalue weighted by Gasteiger charge is -2.06.